The van der Waals surface area contributed by atoms with E-state index in [0.717, 1.165) is 16.8 Å². The van der Waals surface area contributed by atoms with Crippen molar-refractivity contribution in [3.63, 3.8) is 0 Å². The molecular weight excluding hydrogens is 358 g/mol. The smallest absolute Gasteiger partial charge is 0.203 e. The summed E-state index contributed by atoms with van der Waals surface area (Å²) in [5.41, 5.74) is 3.81. The minimum Gasteiger partial charge on any atom is -0.492 e. The number of para-hydroxylation sites is 3. The Kier molecular flexibility index (Phi) is 5.99. The summed E-state index contributed by atoms with van der Waals surface area (Å²) in [6.07, 6.45) is 0. The molecule has 0 unspecified atom stereocenters. The fourth-order valence-electron chi connectivity index (χ4n) is 3.22. The van der Waals surface area contributed by atoms with Crippen LogP contribution in [-0.4, -0.2) is 15.7 Å². The highest BCUT2D eigenvalue weighted by atomic mass is 35.5. The van der Waals surface area contributed by atoms with Crippen molar-refractivity contribution in [2.75, 3.05) is 6.61 Å². The molecule has 3 aromatic carbocycles. The Morgan fingerprint density at radius 3 is 1.93 bits per heavy atom. The molecule has 0 amide bonds. The van der Waals surface area contributed by atoms with Gasteiger partial charge in [0.2, 0.25) is 5.62 Å². The molecular formula is C22H22ClN3O. The first kappa shape index (κ1) is 18.8. The van der Waals surface area contributed by atoms with E-state index in [0.29, 0.717) is 25.3 Å². The normalized spacial score (nSPS) is 10.5. The molecule has 1 aromatic heterocycles. The van der Waals surface area contributed by atoms with Gasteiger partial charge in [-0.15, -0.1) is 12.4 Å². The lowest BCUT2D eigenvalue weighted by Crippen LogP contribution is -2.27. The molecule has 138 valence electrons. The van der Waals surface area contributed by atoms with Crippen molar-refractivity contribution in [2.45, 2.75) is 13.1 Å². The average molecular weight is 380 g/mol. The Balaban J connectivity index is 0.00000210. The van der Waals surface area contributed by atoms with Crippen LogP contribution in [0.2, 0.25) is 0 Å². The van der Waals surface area contributed by atoms with Crippen LogP contribution in [0.15, 0.2) is 84.9 Å². The Morgan fingerprint density at radius 2 is 1.26 bits per heavy atom. The van der Waals surface area contributed by atoms with E-state index >= 15 is 0 Å². The van der Waals surface area contributed by atoms with Gasteiger partial charge in [-0.2, -0.15) is 0 Å². The summed E-state index contributed by atoms with van der Waals surface area (Å²) in [6, 6.07) is 28.2. The summed E-state index contributed by atoms with van der Waals surface area (Å²) in [6.45, 7) is 1.85. The number of ether oxygens (including phenoxy) is 1. The van der Waals surface area contributed by atoms with E-state index in [4.69, 9.17) is 10.1 Å². The molecule has 4 rings (SSSR count). The van der Waals surface area contributed by atoms with Crippen LogP contribution in [0.25, 0.3) is 11.0 Å². The van der Waals surface area contributed by atoms with Crippen LogP contribution < -0.4 is 10.4 Å². The topological polar surface area (TPSA) is 42.9 Å². The van der Waals surface area contributed by atoms with Gasteiger partial charge in [-0.1, -0.05) is 60.7 Å². The van der Waals surface area contributed by atoms with E-state index in [9.17, 15) is 0 Å². The van der Waals surface area contributed by atoms with E-state index in [1.54, 1.807) is 0 Å². The highest BCUT2D eigenvalue weighted by Gasteiger charge is 2.10. The fraction of sp³-hybridized carbons (Fsp3) is 0.136. The van der Waals surface area contributed by atoms with E-state index in [2.05, 4.69) is 24.3 Å². The molecule has 0 saturated heterocycles. The van der Waals surface area contributed by atoms with Crippen LogP contribution >= 0.6 is 12.4 Å². The van der Waals surface area contributed by atoms with Crippen molar-refractivity contribution in [3.05, 3.63) is 96.1 Å². The highest BCUT2D eigenvalue weighted by Crippen LogP contribution is 2.15. The quantitative estimate of drug-likeness (QED) is 0.527. The zero-order valence-corrected chi connectivity index (χ0v) is 15.7. The van der Waals surface area contributed by atoms with E-state index in [1.165, 1.54) is 5.56 Å². The van der Waals surface area contributed by atoms with E-state index in [-0.39, 0.29) is 12.4 Å². The largest absolute Gasteiger partial charge is 0.492 e. The third-order valence-corrected chi connectivity index (χ3v) is 4.49. The Hall–Kier alpha value is -2.98. The summed E-state index contributed by atoms with van der Waals surface area (Å²) in [4.78, 5) is 0. The number of nitrogens with zero attached hydrogens (tertiary/aromatic N) is 2. The number of fused-ring (bicyclic) bond motifs is 1. The number of hydrogen-bond donors (Lipinski definition) is 1. The van der Waals surface area contributed by atoms with Gasteiger partial charge in [0.25, 0.3) is 0 Å². The van der Waals surface area contributed by atoms with Gasteiger partial charge >= 0.3 is 0 Å². The molecule has 0 spiro atoms. The molecule has 0 fully saturated rings. The molecule has 0 atom stereocenters. The van der Waals surface area contributed by atoms with Crippen LogP contribution in [0, 0.1) is 5.41 Å². The molecule has 1 heterocycles. The number of aromatic nitrogens is 2. The minimum atomic E-state index is 0. The number of imidazole rings is 1. The van der Waals surface area contributed by atoms with Crippen LogP contribution in [0.1, 0.15) is 5.56 Å². The van der Waals surface area contributed by atoms with Crippen molar-refractivity contribution in [1.29, 1.82) is 5.41 Å². The summed E-state index contributed by atoms with van der Waals surface area (Å²) >= 11 is 0. The van der Waals surface area contributed by atoms with Gasteiger partial charge in [-0.25, -0.2) is 0 Å². The number of nitrogens with one attached hydrogen (secondary N) is 1. The van der Waals surface area contributed by atoms with Gasteiger partial charge < -0.3 is 13.9 Å². The molecule has 4 nitrogen and oxygen atoms in total. The van der Waals surface area contributed by atoms with Crippen LogP contribution in [-0.2, 0) is 13.1 Å². The SMILES string of the molecule is Cl.N=c1n(CCOc2ccccc2)c2ccccc2n1Cc1ccccc1. The number of rotatable bonds is 6. The number of hydrogen-bond acceptors (Lipinski definition) is 2. The number of benzene rings is 3. The molecule has 0 aliphatic carbocycles. The average Bonchev–Trinajstić information content (AvgIpc) is 2.96. The lowest BCUT2D eigenvalue weighted by atomic mass is 10.2. The zero-order valence-electron chi connectivity index (χ0n) is 14.9. The second kappa shape index (κ2) is 8.60. The molecule has 0 bridgehead atoms. The van der Waals surface area contributed by atoms with Crippen molar-refractivity contribution in [2.24, 2.45) is 0 Å². The maximum absolute atomic E-state index is 8.68. The first-order valence-corrected chi connectivity index (χ1v) is 8.77. The van der Waals surface area contributed by atoms with E-state index < -0.39 is 0 Å². The second-order valence-corrected chi connectivity index (χ2v) is 6.20. The highest BCUT2D eigenvalue weighted by molar-refractivity contribution is 5.85. The first-order valence-electron chi connectivity index (χ1n) is 8.77. The van der Waals surface area contributed by atoms with Gasteiger partial charge in [-0.3, -0.25) is 5.41 Å². The molecule has 1 N–H and O–H groups in total. The molecule has 0 aliphatic heterocycles. The third kappa shape index (κ3) is 4.07. The molecule has 5 heteroatoms. The van der Waals surface area contributed by atoms with Crippen molar-refractivity contribution >= 4 is 23.4 Å². The minimum absolute atomic E-state index is 0. The fourth-order valence-corrected chi connectivity index (χ4v) is 3.22. The summed E-state index contributed by atoms with van der Waals surface area (Å²) < 4.78 is 9.89. The summed E-state index contributed by atoms with van der Waals surface area (Å²) in [5, 5.41) is 8.68. The van der Waals surface area contributed by atoms with Gasteiger partial charge in [0.15, 0.2) is 0 Å². The predicted octanol–water partition coefficient (Wildman–Crippen LogP) is 4.47. The maximum Gasteiger partial charge on any atom is 0.203 e. The van der Waals surface area contributed by atoms with Crippen molar-refractivity contribution in [1.82, 2.24) is 9.13 Å². The van der Waals surface area contributed by atoms with Crippen LogP contribution in [0.4, 0.5) is 0 Å². The van der Waals surface area contributed by atoms with Crippen LogP contribution in [0.5, 0.6) is 5.75 Å². The molecule has 0 aliphatic rings. The Bertz CT molecular complexity index is 1060. The van der Waals surface area contributed by atoms with Crippen LogP contribution in [0.3, 0.4) is 0 Å². The lowest BCUT2D eigenvalue weighted by Gasteiger charge is -2.08. The zero-order chi connectivity index (χ0) is 17.8. The third-order valence-electron chi connectivity index (χ3n) is 4.49. The molecule has 0 radical (unpaired) electrons. The molecule has 4 aromatic rings. The summed E-state index contributed by atoms with van der Waals surface area (Å²) in [5.74, 6) is 0.854. The first-order chi connectivity index (χ1) is 12.8. The van der Waals surface area contributed by atoms with Gasteiger partial charge in [-0.05, 0) is 29.8 Å². The monoisotopic (exact) mass is 379 g/mol. The van der Waals surface area contributed by atoms with Crippen molar-refractivity contribution in [3.8, 4) is 5.75 Å². The van der Waals surface area contributed by atoms with Gasteiger partial charge in [0, 0.05) is 0 Å². The maximum atomic E-state index is 8.68. The molecule has 0 saturated carbocycles. The Labute approximate surface area is 164 Å². The van der Waals surface area contributed by atoms with Gasteiger partial charge in [0.05, 0.1) is 24.1 Å². The standard InChI is InChI=1S/C22H21N3O.ClH/c23-22-24(15-16-26-19-11-5-2-6-12-19)20-13-7-8-14-21(20)25(22)17-18-9-3-1-4-10-18;/h1-14,23H,15-17H2;1H. The second-order valence-electron chi connectivity index (χ2n) is 6.20. The predicted molar refractivity (Wildman–Crippen MR) is 111 cm³/mol. The molecule has 27 heavy (non-hydrogen) atoms. The van der Waals surface area contributed by atoms with Gasteiger partial charge in [0.1, 0.15) is 12.4 Å². The summed E-state index contributed by atoms with van der Waals surface area (Å²) in [7, 11) is 0. The Morgan fingerprint density at radius 1 is 0.704 bits per heavy atom. The number of halogens is 1. The van der Waals surface area contributed by atoms with E-state index in [1.807, 2.05) is 69.8 Å². The van der Waals surface area contributed by atoms with Crippen molar-refractivity contribution < 1.29 is 4.74 Å². The lowest BCUT2D eigenvalue weighted by molar-refractivity contribution is 0.296.